The summed E-state index contributed by atoms with van der Waals surface area (Å²) in [5, 5.41) is 8.61. The molecular formula is C10H9N3O4. The normalized spacial score (nSPS) is 9.35. The average Bonchev–Trinajstić information content (AvgIpc) is 2.28. The van der Waals surface area contributed by atoms with Crippen molar-refractivity contribution in [3.63, 3.8) is 0 Å². The molecule has 0 aliphatic heterocycles. The Balaban J connectivity index is 2.91. The van der Waals surface area contributed by atoms with Gasteiger partial charge in [0.1, 0.15) is 12.2 Å². The van der Waals surface area contributed by atoms with Crippen LogP contribution in [0.1, 0.15) is 10.5 Å². The molecule has 1 aromatic rings. The van der Waals surface area contributed by atoms with E-state index in [4.69, 9.17) is 11.5 Å². The molecule has 88 valence electrons. The predicted octanol–water partition coefficient (Wildman–Crippen LogP) is -1.07. The molecule has 0 aromatic carbocycles. The number of carboxylic acid groups (broad SMARTS) is 1. The zero-order valence-electron chi connectivity index (χ0n) is 8.71. The van der Waals surface area contributed by atoms with Crippen molar-refractivity contribution >= 4 is 11.9 Å². The standard InChI is InChI=1S/C10H9N3O4/c1-2-3-13(6-9(15)16)10(17)7-4-12-8(14)5-11-7/h1,4-5H,3,6H2,(H,12,14)(H,15,16). The van der Waals surface area contributed by atoms with Crippen LogP contribution in [0.4, 0.5) is 0 Å². The number of carbonyl (C=O) groups excluding carboxylic acids is 1. The number of terminal acetylenes is 1. The van der Waals surface area contributed by atoms with E-state index in [1.54, 1.807) is 0 Å². The van der Waals surface area contributed by atoms with Crippen LogP contribution in [0.5, 0.6) is 0 Å². The minimum Gasteiger partial charge on any atom is -0.480 e. The SMILES string of the molecule is C#CCN(CC(=O)O)C(=O)c1c[nH]c(=O)cn1. The Morgan fingerprint density at radius 2 is 2.29 bits per heavy atom. The van der Waals surface area contributed by atoms with Crippen molar-refractivity contribution in [3.8, 4) is 12.3 Å². The van der Waals surface area contributed by atoms with E-state index in [0.717, 1.165) is 17.3 Å². The monoisotopic (exact) mass is 235 g/mol. The van der Waals surface area contributed by atoms with E-state index in [0.29, 0.717) is 0 Å². The summed E-state index contributed by atoms with van der Waals surface area (Å²) in [6, 6.07) is 0. The molecule has 7 nitrogen and oxygen atoms in total. The molecule has 0 saturated heterocycles. The fourth-order valence-electron chi connectivity index (χ4n) is 1.09. The number of nitrogens with one attached hydrogen (secondary N) is 1. The molecule has 2 N–H and O–H groups in total. The minimum absolute atomic E-state index is 0.0684. The fraction of sp³-hybridized carbons (Fsp3) is 0.200. The summed E-state index contributed by atoms with van der Waals surface area (Å²) in [6.45, 7) is -0.671. The number of aromatic amines is 1. The maximum absolute atomic E-state index is 11.8. The van der Waals surface area contributed by atoms with Crippen LogP contribution in [0.3, 0.4) is 0 Å². The molecule has 0 unspecified atom stereocenters. The van der Waals surface area contributed by atoms with E-state index >= 15 is 0 Å². The first-order valence-corrected chi connectivity index (χ1v) is 4.54. The number of carbonyl (C=O) groups is 2. The summed E-state index contributed by atoms with van der Waals surface area (Å²) in [4.78, 5) is 39.8. The summed E-state index contributed by atoms with van der Waals surface area (Å²) >= 11 is 0. The quantitative estimate of drug-likeness (QED) is 0.647. The van der Waals surface area contributed by atoms with Crippen LogP contribution in [-0.2, 0) is 4.79 Å². The number of hydrogen-bond acceptors (Lipinski definition) is 4. The van der Waals surface area contributed by atoms with Gasteiger partial charge in [0.15, 0.2) is 0 Å². The van der Waals surface area contributed by atoms with Gasteiger partial charge >= 0.3 is 5.97 Å². The highest BCUT2D eigenvalue weighted by Gasteiger charge is 2.18. The third kappa shape index (κ3) is 3.46. The first-order valence-electron chi connectivity index (χ1n) is 4.54. The molecule has 0 atom stereocenters. The molecule has 0 spiro atoms. The number of aromatic nitrogens is 2. The van der Waals surface area contributed by atoms with Gasteiger partial charge in [-0.05, 0) is 0 Å². The van der Waals surface area contributed by atoms with E-state index in [9.17, 15) is 14.4 Å². The molecule has 7 heteroatoms. The smallest absolute Gasteiger partial charge is 0.323 e. The van der Waals surface area contributed by atoms with Crippen molar-refractivity contribution in [1.29, 1.82) is 0 Å². The molecule has 1 heterocycles. The van der Waals surface area contributed by atoms with Gasteiger partial charge in [0.2, 0.25) is 0 Å². The van der Waals surface area contributed by atoms with Gasteiger partial charge in [0.25, 0.3) is 11.5 Å². The van der Waals surface area contributed by atoms with Gasteiger partial charge in [-0.15, -0.1) is 6.42 Å². The second kappa shape index (κ2) is 5.46. The molecule has 17 heavy (non-hydrogen) atoms. The number of aliphatic carboxylic acids is 1. The van der Waals surface area contributed by atoms with Crippen molar-refractivity contribution < 1.29 is 14.7 Å². The van der Waals surface area contributed by atoms with Gasteiger partial charge in [0.05, 0.1) is 12.7 Å². The van der Waals surface area contributed by atoms with Crippen LogP contribution in [0.25, 0.3) is 0 Å². The maximum atomic E-state index is 11.8. The Hall–Kier alpha value is -2.62. The highest BCUT2D eigenvalue weighted by molar-refractivity contribution is 5.93. The molecule has 1 amide bonds. The molecule has 1 aromatic heterocycles. The Labute approximate surface area is 96.1 Å². The Morgan fingerprint density at radius 1 is 1.59 bits per heavy atom. The molecular weight excluding hydrogens is 226 g/mol. The van der Waals surface area contributed by atoms with E-state index in [2.05, 4.69) is 15.9 Å². The Morgan fingerprint density at radius 3 is 2.76 bits per heavy atom. The lowest BCUT2D eigenvalue weighted by molar-refractivity contribution is -0.137. The van der Waals surface area contributed by atoms with Crippen LogP contribution in [0.2, 0.25) is 0 Å². The van der Waals surface area contributed by atoms with Crippen molar-refractivity contribution in [1.82, 2.24) is 14.9 Å². The zero-order valence-corrected chi connectivity index (χ0v) is 8.71. The summed E-state index contributed by atoms with van der Waals surface area (Å²) in [5.74, 6) is 0.344. The minimum atomic E-state index is -1.18. The van der Waals surface area contributed by atoms with Gasteiger partial charge in [-0.2, -0.15) is 0 Å². The average molecular weight is 235 g/mol. The summed E-state index contributed by atoms with van der Waals surface area (Å²) in [5.41, 5.74) is -0.524. The number of carboxylic acids is 1. The number of rotatable bonds is 4. The summed E-state index contributed by atoms with van der Waals surface area (Å²) in [7, 11) is 0. The second-order valence-corrected chi connectivity index (χ2v) is 3.06. The molecule has 1 rings (SSSR count). The van der Waals surface area contributed by atoms with Gasteiger partial charge in [0, 0.05) is 6.20 Å². The first kappa shape index (κ1) is 12.4. The highest BCUT2D eigenvalue weighted by atomic mass is 16.4. The molecule has 0 fully saturated rings. The number of amides is 1. The topological polar surface area (TPSA) is 103 Å². The van der Waals surface area contributed by atoms with Gasteiger partial charge in [-0.1, -0.05) is 5.92 Å². The Kier molecular flexibility index (Phi) is 4.00. The van der Waals surface area contributed by atoms with E-state index in [-0.39, 0.29) is 12.2 Å². The predicted molar refractivity (Wildman–Crippen MR) is 57.2 cm³/mol. The van der Waals surface area contributed by atoms with Crippen molar-refractivity contribution in [3.05, 3.63) is 28.4 Å². The zero-order chi connectivity index (χ0) is 12.8. The third-order valence-electron chi connectivity index (χ3n) is 1.79. The van der Waals surface area contributed by atoms with Crippen molar-refractivity contribution in [2.75, 3.05) is 13.1 Å². The number of nitrogens with zero attached hydrogens (tertiary/aromatic N) is 2. The van der Waals surface area contributed by atoms with Crippen LogP contribution < -0.4 is 5.56 Å². The van der Waals surface area contributed by atoms with Gasteiger partial charge in [-0.25, -0.2) is 4.98 Å². The summed E-state index contributed by atoms with van der Waals surface area (Å²) < 4.78 is 0. The van der Waals surface area contributed by atoms with Gasteiger partial charge < -0.3 is 15.0 Å². The second-order valence-electron chi connectivity index (χ2n) is 3.06. The maximum Gasteiger partial charge on any atom is 0.323 e. The van der Waals surface area contributed by atoms with Crippen molar-refractivity contribution in [2.45, 2.75) is 0 Å². The molecule has 0 aliphatic rings. The lowest BCUT2D eigenvalue weighted by Crippen LogP contribution is -2.36. The highest BCUT2D eigenvalue weighted by Crippen LogP contribution is 1.98. The van der Waals surface area contributed by atoms with E-state index in [1.807, 2.05) is 0 Å². The van der Waals surface area contributed by atoms with Crippen molar-refractivity contribution in [2.24, 2.45) is 0 Å². The molecule has 0 saturated carbocycles. The van der Waals surface area contributed by atoms with Crippen LogP contribution in [0, 0.1) is 12.3 Å². The molecule has 0 bridgehead atoms. The van der Waals surface area contributed by atoms with Crippen LogP contribution in [-0.4, -0.2) is 44.9 Å². The number of H-pyrrole nitrogens is 1. The van der Waals surface area contributed by atoms with E-state index in [1.165, 1.54) is 0 Å². The number of hydrogen-bond donors (Lipinski definition) is 2. The van der Waals surface area contributed by atoms with Gasteiger partial charge in [-0.3, -0.25) is 14.4 Å². The lowest BCUT2D eigenvalue weighted by atomic mass is 10.3. The molecule has 0 aliphatic carbocycles. The largest absolute Gasteiger partial charge is 0.480 e. The van der Waals surface area contributed by atoms with Crippen LogP contribution >= 0.6 is 0 Å². The van der Waals surface area contributed by atoms with Crippen LogP contribution in [0.15, 0.2) is 17.2 Å². The first-order chi connectivity index (χ1) is 8.04. The molecule has 0 radical (unpaired) electrons. The van der Waals surface area contributed by atoms with E-state index < -0.39 is 24.0 Å². The summed E-state index contributed by atoms with van der Waals surface area (Å²) in [6.07, 6.45) is 7.07. The third-order valence-corrected chi connectivity index (χ3v) is 1.79. The lowest BCUT2D eigenvalue weighted by Gasteiger charge is -2.16. The fourth-order valence-corrected chi connectivity index (χ4v) is 1.09. The Bertz CT molecular complexity index is 509.